The Morgan fingerprint density at radius 2 is 2.20 bits per heavy atom. The summed E-state index contributed by atoms with van der Waals surface area (Å²) in [5.74, 6) is -0.972. The third-order valence-electron chi connectivity index (χ3n) is 2.43. The van der Waals surface area contributed by atoms with E-state index in [-0.39, 0.29) is 0 Å². The van der Waals surface area contributed by atoms with E-state index in [4.69, 9.17) is 10.8 Å². The summed E-state index contributed by atoms with van der Waals surface area (Å²) in [5.41, 5.74) is 7.43. The van der Waals surface area contributed by atoms with Gasteiger partial charge in [-0.25, -0.2) is 0 Å². The first kappa shape index (κ1) is 9.73. The Bertz CT molecular complexity index is 490. The number of carboxylic acids is 1. The highest BCUT2D eigenvalue weighted by Crippen LogP contribution is 2.18. The van der Waals surface area contributed by atoms with Crippen LogP contribution in [0.5, 0.6) is 0 Å². The summed E-state index contributed by atoms with van der Waals surface area (Å²) in [4.78, 5) is 13.7. The molecule has 15 heavy (non-hydrogen) atoms. The van der Waals surface area contributed by atoms with E-state index in [1.54, 1.807) is 0 Å². The van der Waals surface area contributed by atoms with Gasteiger partial charge in [-0.15, -0.1) is 0 Å². The number of carboxylic acid groups (broad SMARTS) is 1. The number of hydrogen-bond acceptors (Lipinski definition) is 2. The zero-order valence-electron chi connectivity index (χ0n) is 8.10. The lowest BCUT2D eigenvalue weighted by Crippen LogP contribution is -2.32. The quantitative estimate of drug-likeness (QED) is 0.702. The van der Waals surface area contributed by atoms with Gasteiger partial charge in [-0.2, -0.15) is 0 Å². The molecule has 0 saturated heterocycles. The maximum absolute atomic E-state index is 10.6. The number of H-pyrrole nitrogens is 1. The number of carbonyl (C=O) groups is 1. The molecule has 4 heteroatoms. The van der Waals surface area contributed by atoms with E-state index < -0.39 is 12.0 Å². The molecule has 0 aliphatic heterocycles. The predicted molar refractivity (Wildman–Crippen MR) is 57.6 cm³/mol. The molecule has 0 radical (unpaired) electrons. The third-order valence-corrected chi connectivity index (χ3v) is 2.43. The molecule has 0 saturated carbocycles. The summed E-state index contributed by atoms with van der Waals surface area (Å²) in [5, 5.41) is 9.75. The molecule has 2 aromatic rings. The highest BCUT2D eigenvalue weighted by atomic mass is 16.4. The van der Waals surface area contributed by atoms with Gasteiger partial charge >= 0.3 is 5.97 Å². The van der Waals surface area contributed by atoms with E-state index in [9.17, 15) is 4.79 Å². The zero-order valence-corrected chi connectivity index (χ0v) is 8.10. The Kier molecular flexibility index (Phi) is 2.43. The first-order valence-corrected chi connectivity index (χ1v) is 4.72. The van der Waals surface area contributed by atoms with Crippen molar-refractivity contribution in [2.45, 2.75) is 12.5 Å². The number of benzene rings is 1. The number of aliphatic carboxylic acids is 1. The molecular formula is C11H12N2O2. The van der Waals surface area contributed by atoms with Crippen LogP contribution in [0.2, 0.25) is 0 Å². The molecule has 1 unspecified atom stereocenters. The fourth-order valence-electron chi connectivity index (χ4n) is 1.62. The van der Waals surface area contributed by atoms with Crippen molar-refractivity contribution in [2.24, 2.45) is 5.73 Å². The lowest BCUT2D eigenvalue weighted by atomic mass is 10.1. The minimum atomic E-state index is -0.972. The minimum absolute atomic E-state index is 0.347. The van der Waals surface area contributed by atoms with E-state index in [2.05, 4.69) is 4.98 Å². The topological polar surface area (TPSA) is 79.1 Å². The van der Waals surface area contributed by atoms with Gasteiger partial charge in [0.15, 0.2) is 0 Å². The standard InChI is InChI=1S/C11H12N2O2/c12-9(11(14)15)5-7-6-13-10-4-2-1-3-8(7)10/h1-4,6,9,13H,5,12H2,(H,14,15)/i6+1. The van der Waals surface area contributed by atoms with Crippen LogP contribution in [0, 0.1) is 0 Å². The van der Waals surface area contributed by atoms with Crippen molar-refractivity contribution in [1.29, 1.82) is 0 Å². The summed E-state index contributed by atoms with van der Waals surface area (Å²) >= 11 is 0. The summed E-state index contributed by atoms with van der Waals surface area (Å²) in [6, 6.07) is 6.91. The summed E-state index contributed by atoms with van der Waals surface area (Å²) in [6.45, 7) is 0. The molecule has 0 aliphatic rings. The van der Waals surface area contributed by atoms with Crippen LogP contribution in [0.4, 0.5) is 0 Å². The number of rotatable bonds is 3. The molecule has 0 aliphatic carbocycles. The van der Waals surface area contributed by atoms with Gasteiger partial charge in [0.2, 0.25) is 0 Å². The summed E-state index contributed by atoms with van der Waals surface area (Å²) in [6.07, 6.45) is 2.16. The normalized spacial score (nSPS) is 12.9. The van der Waals surface area contributed by atoms with Gasteiger partial charge < -0.3 is 15.8 Å². The molecule has 0 spiro atoms. The van der Waals surface area contributed by atoms with Crippen LogP contribution in [0.1, 0.15) is 5.56 Å². The molecule has 2 rings (SSSR count). The molecular weight excluding hydrogens is 193 g/mol. The highest BCUT2D eigenvalue weighted by molar-refractivity contribution is 5.84. The van der Waals surface area contributed by atoms with Gasteiger partial charge in [0.05, 0.1) is 0 Å². The van der Waals surface area contributed by atoms with Gasteiger partial charge in [0, 0.05) is 23.5 Å². The molecule has 1 heterocycles. The average molecular weight is 205 g/mol. The zero-order chi connectivity index (χ0) is 10.8. The molecule has 78 valence electrons. The predicted octanol–water partition coefficient (Wildman–Crippen LogP) is 1.12. The van der Waals surface area contributed by atoms with Crippen LogP contribution in [0.3, 0.4) is 0 Å². The van der Waals surface area contributed by atoms with Crippen molar-refractivity contribution >= 4 is 16.9 Å². The number of hydrogen-bond donors (Lipinski definition) is 3. The molecule has 4 nitrogen and oxygen atoms in total. The molecule has 0 fully saturated rings. The number of aromatic nitrogens is 1. The Labute approximate surface area is 86.7 Å². The smallest absolute Gasteiger partial charge is 0.320 e. The van der Waals surface area contributed by atoms with Crippen LogP contribution in [0.25, 0.3) is 10.9 Å². The second kappa shape index (κ2) is 3.74. The largest absolute Gasteiger partial charge is 0.480 e. The van der Waals surface area contributed by atoms with Crippen LogP contribution >= 0.6 is 0 Å². The van der Waals surface area contributed by atoms with Gasteiger partial charge in [0.1, 0.15) is 6.04 Å². The van der Waals surface area contributed by atoms with Crippen LogP contribution in [-0.2, 0) is 11.2 Å². The Balaban J connectivity index is 2.32. The van der Waals surface area contributed by atoms with Gasteiger partial charge in [0.25, 0.3) is 0 Å². The molecule has 0 bridgehead atoms. The second-order valence-corrected chi connectivity index (χ2v) is 3.51. The van der Waals surface area contributed by atoms with Crippen molar-refractivity contribution in [3.8, 4) is 0 Å². The first-order chi connectivity index (χ1) is 7.18. The van der Waals surface area contributed by atoms with E-state index in [0.29, 0.717) is 6.42 Å². The van der Waals surface area contributed by atoms with Crippen LogP contribution < -0.4 is 5.73 Å². The maximum atomic E-state index is 10.6. The first-order valence-electron chi connectivity index (χ1n) is 4.72. The highest BCUT2D eigenvalue weighted by Gasteiger charge is 2.14. The fourth-order valence-corrected chi connectivity index (χ4v) is 1.62. The lowest BCUT2D eigenvalue weighted by Gasteiger charge is -2.04. The van der Waals surface area contributed by atoms with Crippen molar-refractivity contribution in [2.75, 3.05) is 0 Å². The SMILES string of the molecule is NC(Cc1[13cH][nH]c2ccccc12)C(=O)O. The molecule has 1 atom stereocenters. The van der Waals surface area contributed by atoms with E-state index >= 15 is 0 Å². The van der Waals surface area contributed by atoms with Crippen molar-refractivity contribution in [3.63, 3.8) is 0 Å². The Morgan fingerprint density at radius 3 is 2.93 bits per heavy atom. The molecule has 1 aromatic carbocycles. The average Bonchev–Trinajstić information content (AvgIpc) is 2.62. The Morgan fingerprint density at radius 1 is 1.47 bits per heavy atom. The van der Waals surface area contributed by atoms with Crippen molar-refractivity contribution in [1.82, 2.24) is 4.98 Å². The van der Waals surface area contributed by atoms with Crippen LogP contribution in [-0.4, -0.2) is 22.1 Å². The van der Waals surface area contributed by atoms with Crippen molar-refractivity contribution in [3.05, 3.63) is 36.0 Å². The van der Waals surface area contributed by atoms with Gasteiger partial charge in [-0.05, 0) is 11.6 Å². The minimum Gasteiger partial charge on any atom is -0.480 e. The number of fused-ring (bicyclic) bond motifs is 1. The van der Waals surface area contributed by atoms with E-state index in [1.165, 1.54) is 0 Å². The third kappa shape index (κ3) is 1.85. The number of nitrogens with one attached hydrogen (secondary N) is 1. The number of para-hydroxylation sites is 1. The van der Waals surface area contributed by atoms with Gasteiger partial charge in [-0.3, -0.25) is 4.79 Å². The second-order valence-electron chi connectivity index (χ2n) is 3.51. The number of aromatic amines is 1. The molecule has 1 aromatic heterocycles. The summed E-state index contributed by atoms with van der Waals surface area (Å²) in [7, 11) is 0. The number of nitrogens with two attached hydrogens (primary N) is 1. The monoisotopic (exact) mass is 205 g/mol. The van der Waals surface area contributed by atoms with E-state index in [0.717, 1.165) is 16.5 Å². The summed E-state index contributed by atoms with van der Waals surface area (Å²) < 4.78 is 0. The van der Waals surface area contributed by atoms with Gasteiger partial charge in [-0.1, -0.05) is 18.2 Å². The Hall–Kier alpha value is -1.81. The maximum Gasteiger partial charge on any atom is 0.320 e. The van der Waals surface area contributed by atoms with Crippen molar-refractivity contribution < 1.29 is 9.90 Å². The molecule has 0 amide bonds. The fraction of sp³-hybridized carbons (Fsp3) is 0.182. The lowest BCUT2D eigenvalue weighted by molar-refractivity contribution is -0.138. The molecule has 4 N–H and O–H groups in total. The van der Waals surface area contributed by atoms with Crippen LogP contribution in [0.15, 0.2) is 30.5 Å². The van der Waals surface area contributed by atoms with E-state index in [1.807, 2.05) is 30.5 Å².